The first-order valence-electron chi connectivity index (χ1n) is 9.80. The molecule has 0 unspecified atom stereocenters. The maximum absolute atomic E-state index is 12.2. The Kier molecular flexibility index (Phi) is 8.22. The van der Waals surface area contributed by atoms with E-state index in [2.05, 4.69) is 0 Å². The summed E-state index contributed by atoms with van der Waals surface area (Å²) in [5.74, 6) is 0. The van der Waals surface area contributed by atoms with Crippen molar-refractivity contribution in [2.24, 2.45) is 0 Å². The molecular formula is C24H22Cl2N4O2S2. The predicted octanol–water partition coefficient (Wildman–Crippen LogP) is 5.99. The molecule has 34 heavy (non-hydrogen) atoms. The molecule has 0 saturated heterocycles. The molecule has 0 bridgehead atoms. The van der Waals surface area contributed by atoms with Crippen LogP contribution in [0.15, 0.2) is 105 Å². The van der Waals surface area contributed by atoms with Crippen LogP contribution in [-0.4, -0.2) is 8.42 Å². The Balaban J connectivity index is 0.000000191. The highest BCUT2D eigenvalue weighted by molar-refractivity contribution is 7.99. The second kappa shape index (κ2) is 10.9. The Bertz CT molecular complexity index is 1330. The summed E-state index contributed by atoms with van der Waals surface area (Å²) >= 11 is 13.5. The summed E-state index contributed by atoms with van der Waals surface area (Å²) < 4.78 is 24.5. The molecule has 4 aromatic rings. The zero-order valence-electron chi connectivity index (χ0n) is 17.8. The van der Waals surface area contributed by atoms with Gasteiger partial charge in [-0.3, -0.25) is 0 Å². The first-order valence-corrected chi connectivity index (χ1v) is 12.9. The zero-order valence-corrected chi connectivity index (χ0v) is 20.9. The molecule has 176 valence electrons. The van der Waals surface area contributed by atoms with E-state index in [1.54, 1.807) is 48.2 Å². The van der Waals surface area contributed by atoms with Crippen LogP contribution in [0.25, 0.3) is 0 Å². The molecule has 4 rings (SSSR count). The lowest BCUT2D eigenvalue weighted by atomic mass is 10.3. The lowest BCUT2D eigenvalue weighted by Gasteiger charge is -2.05. The number of rotatable bonds is 4. The lowest BCUT2D eigenvalue weighted by molar-refractivity contribution is 0.596. The SMILES string of the molecule is Nc1ccc(Sc2ccc(N)c(Cl)c2)cc1Cl.Nc1cccc(S(=O)(=O)c2cccc(N)c2)c1. The van der Waals surface area contributed by atoms with Crippen molar-refractivity contribution >= 4 is 67.6 Å². The number of benzene rings is 4. The first-order chi connectivity index (χ1) is 16.1. The molecule has 0 heterocycles. The maximum Gasteiger partial charge on any atom is 0.206 e. The summed E-state index contributed by atoms with van der Waals surface area (Å²) in [6.45, 7) is 0. The van der Waals surface area contributed by atoms with Crippen LogP contribution in [0.2, 0.25) is 10.0 Å². The molecule has 0 aliphatic carbocycles. The van der Waals surface area contributed by atoms with Crippen molar-refractivity contribution in [3.63, 3.8) is 0 Å². The Morgan fingerprint density at radius 3 is 1.35 bits per heavy atom. The average Bonchev–Trinajstić information content (AvgIpc) is 2.79. The van der Waals surface area contributed by atoms with Gasteiger partial charge in [-0.1, -0.05) is 47.1 Å². The van der Waals surface area contributed by atoms with E-state index < -0.39 is 9.84 Å². The standard InChI is InChI=1S/C12H10Cl2N2S.C12H12N2O2S/c13-9-5-7(1-3-11(9)15)17-8-2-4-12(16)10(14)6-8;13-9-3-1-5-11(7-9)17(15,16)12-6-2-4-10(14)8-12/h1-6H,15-16H2;1-8H,13-14H2. The third-order valence-corrected chi connectivity index (χ3v) is 7.90. The van der Waals surface area contributed by atoms with Gasteiger partial charge in [0.05, 0.1) is 31.2 Å². The Labute approximate surface area is 212 Å². The summed E-state index contributed by atoms with van der Waals surface area (Å²) in [7, 11) is -3.54. The van der Waals surface area contributed by atoms with Crippen LogP contribution >= 0.6 is 35.0 Å². The van der Waals surface area contributed by atoms with Crippen molar-refractivity contribution in [1.29, 1.82) is 0 Å². The van der Waals surface area contributed by atoms with Crippen molar-refractivity contribution in [3.8, 4) is 0 Å². The van der Waals surface area contributed by atoms with Gasteiger partial charge in [0.25, 0.3) is 0 Å². The van der Waals surface area contributed by atoms with Crippen LogP contribution in [0.1, 0.15) is 0 Å². The number of hydrogen-bond acceptors (Lipinski definition) is 7. The highest BCUT2D eigenvalue weighted by Gasteiger charge is 2.17. The van der Waals surface area contributed by atoms with Gasteiger partial charge in [0, 0.05) is 21.2 Å². The van der Waals surface area contributed by atoms with Crippen molar-refractivity contribution in [3.05, 3.63) is 95.0 Å². The summed E-state index contributed by atoms with van der Waals surface area (Å²) in [4.78, 5) is 2.35. The number of sulfone groups is 1. The van der Waals surface area contributed by atoms with Crippen molar-refractivity contribution in [2.75, 3.05) is 22.9 Å². The van der Waals surface area contributed by atoms with Gasteiger partial charge in [0.1, 0.15) is 0 Å². The van der Waals surface area contributed by atoms with Gasteiger partial charge >= 0.3 is 0 Å². The molecule has 0 saturated carbocycles. The quantitative estimate of drug-likeness (QED) is 0.236. The number of nitrogen functional groups attached to an aromatic ring is 4. The monoisotopic (exact) mass is 532 g/mol. The Morgan fingerprint density at radius 2 is 1.00 bits per heavy atom. The van der Waals surface area contributed by atoms with E-state index in [4.69, 9.17) is 46.1 Å². The molecule has 6 nitrogen and oxygen atoms in total. The highest BCUT2D eigenvalue weighted by atomic mass is 35.5. The first kappa shape index (κ1) is 25.6. The third-order valence-electron chi connectivity index (χ3n) is 4.52. The van der Waals surface area contributed by atoms with E-state index in [-0.39, 0.29) is 9.79 Å². The van der Waals surface area contributed by atoms with E-state index >= 15 is 0 Å². The van der Waals surface area contributed by atoms with E-state index in [1.807, 2.05) is 24.3 Å². The molecule has 0 radical (unpaired) electrons. The van der Waals surface area contributed by atoms with Gasteiger partial charge in [0.15, 0.2) is 0 Å². The van der Waals surface area contributed by atoms with Gasteiger partial charge in [-0.05, 0) is 72.8 Å². The smallest absolute Gasteiger partial charge is 0.206 e. The molecule has 0 aliphatic rings. The molecular weight excluding hydrogens is 511 g/mol. The lowest BCUT2D eigenvalue weighted by Crippen LogP contribution is -2.03. The zero-order chi connectivity index (χ0) is 24.9. The van der Waals surface area contributed by atoms with E-state index in [0.717, 1.165) is 9.79 Å². The normalized spacial score (nSPS) is 10.9. The van der Waals surface area contributed by atoms with E-state index in [1.165, 1.54) is 24.3 Å². The van der Waals surface area contributed by atoms with Crippen molar-refractivity contribution < 1.29 is 8.42 Å². The molecule has 0 amide bonds. The fraction of sp³-hybridized carbons (Fsp3) is 0. The van der Waals surface area contributed by atoms with Crippen molar-refractivity contribution in [2.45, 2.75) is 19.6 Å². The van der Waals surface area contributed by atoms with Crippen LogP contribution in [0.5, 0.6) is 0 Å². The number of anilines is 4. The minimum absolute atomic E-state index is 0.170. The second-order valence-corrected chi connectivity index (χ2v) is 11.0. The number of halogens is 2. The molecule has 10 heteroatoms. The highest BCUT2D eigenvalue weighted by Crippen LogP contribution is 2.34. The van der Waals surface area contributed by atoms with E-state index in [0.29, 0.717) is 32.8 Å². The van der Waals surface area contributed by atoms with Crippen LogP contribution in [0.4, 0.5) is 22.7 Å². The van der Waals surface area contributed by atoms with Crippen molar-refractivity contribution in [1.82, 2.24) is 0 Å². The molecule has 0 aliphatic heterocycles. The summed E-state index contributed by atoms with van der Waals surface area (Å²) in [6, 6.07) is 23.4. The van der Waals surface area contributed by atoms with Gasteiger partial charge in [-0.2, -0.15) is 0 Å². The van der Waals surface area contributed by atoms with Gasteiger partial charge in [0.2, 0.25) is 9.84 Å². The molecule has 0 atom stereocenters. The summed E-state index contributed by atoms with van der Waals surface area (Å²) in [6.07, 6.45) is 0. The molecule has 8 N–H and O–H groups in total. The van der Waals surface area contributed by atoms with Crippen LogP contribution in [0, 0.1) is 0 Å². The predicted molar refractivity (Wildman–Crippen MR) is 143 cm³/mol. The van der Waals surface area contributed by atoms with Crippen LogP contribution < -0.4 is 22.9 Å². The molecule has 4 aromatic carbocycles. The topological polar surface area (TPSA) is 138 Å². The molecule has 0 fully saturated rings. The Morgan fingerprint density at radius 1 is 0.588 bits per heavy atom. The fourth-order valence-corrected chi connectivity index (χ4v) is 5.54. The largest absolute Gasteiger partial charge is 0.399 e. The van der Waals surface area contributed by atoms with Crippen LogP contribution in [-0.2, 0) is 9.84 Å². The Hall–Kier alpha value is -3.04. The van der Waals surface area contributed by atoms with Gasteiger partial charge in [-0.15, -0.1) is 0 Å². The van der Waals surface area contributed by atoms with Gasteiger partial charge < -0.3 is 22.9 Å². The molecule has 0 spiro atoms. The second-order valence-electron chi connectivity index (χ2n) is 7.12. The maximum atomic E-state index is 12.2. The van der Waals surface area contributed by atoms with Gasteiger partial charge in [-0.25, -0.2) is 8.42 Å². The minimum atomic E-state index is -3.54. The molecule has 0 aromatic heterocycles. The third kappa shape index (κ3) is 6.51. The number of nitrogens with two attached hydrogens (primary N) is 4. The summed E-state index contributed by atoms with van der Waals surface area (Å²) in [5.41, 5.74) is 24.4. The number of hydrogen-bond donors (Lipinski definition) is 4. The van der Waals surface area contributed by atoms with Crippen LogP contribution in [0.3, 0.4) is 0 Å². The minimum Gasteiger partial charge on any atom is -0.399 e. The summed E-state index contributed by atoms with van der Waals surface area (Å²) in [5, 5.41) is 1.10. The average molecular weight is 534 g/mol. The van der Waals surface area contributed by atoms with E-state index in [9.17, 15) is 8.42 Å². The fourth-order valence-electron chi connectivity index (χ4n) is 2.78.